The molecule has 1 saturated heterocycles. The van der Waals surface area contributed by atoms with E-state index in [1.165, 1.54) is 5.56 Å². The number of rotatable bonds is 6. The maximum absolute atomic E-state index is 12.5. The van der Waals surface area contributed by atoms with Crippen LogP contribution < -0.4 is 20.5 Å². The van der Waals surface area contributed by atoms with Crippen LogP contribution in [0, 0.1) is 6.92 Å². The number of ether oxygens (including phenoxy) is 2. The zero-order valence-electron chi connectivity index (χ0n) is 16.6. The van der Waals surface area contributed by atoms with Crippen molar-refractivity contribution in [2.45, 2.75) is 32.3 Å². The molecule has 29 heavy (non-hydrogen) atoms. The van der Waals surface area contributed by atoms with Gasteiger partial charge in [0.05, 0.1) is 19.8 Å². The van der Waals surface area contributed by atoms with Crippen molar-refractivity contribution in [2.24, 2.45) is 0 Å². The molecule has 1 unspecified atom stereocenters. The molecule has 0 radical (unpaired) electrons. The van der Waals surface area contributed by atoms with Crippen LogP contribution in [0.15, 0.2) is 29.1 Å². The highest BCUT2D eigenvalue weighted by atomic mass is 16.5. The third-order valence-corrected chi connectivity index (χ3v) is 5.36. The number of carbonyl (C=O) groups is 1. The largest absolute Gasteiger partial charge is 0.488 e. The molecular weight excluding hydrogens is 372 g/mol. The van der Waals surface area contributed by atoms with Crippen LogP contribution in [0.2, 0.25) is 0 Å². The monoisotopic (exact) mass is 398 g/mol. The summed E-state index contributed by atoms with van der Waals surface area (Å²) >= 11 is 0. The fraction of sp³-hybridized carbons (Fsp3) is 0.476. The summed E-state index contributed by atoms with van der Waals surface area (Å²) in [6.07, 6.45) is 1.34. The molecule has 0 spiro atoms. The van der Waals surface area contributed by atoms with Crippen molar-refractivity contribution < 1.29 is 14.3 Å². The Bertz CT molecular complexity index is 912. The lowest BCUT2D eigenvalue weighted by Crippen LogP contribution is -2.39. The minimum absolute atomic E-state index is 0.0454. The first-order valence-electron chi connectivity index (χ1n) is 10.0. The zero-order valence-corrected chi connectivity index (χ0v) is 16.6. The number of morpholine rings is 1. The molecule has 8 heteroatoms. The zero-order chi connectivity index (χ0) is 20.2. The predicted octanol–water partition coefficient (Wildman–Crippen LogP) is 0.967. The molecule has 0 saturated carbocycles. The number of nitrogens with one attached hydrogen (secondary N) is 2. The van der Waals surface area contributed by atoms with Gasteiger partial charge in [0.2, 0.25) is 11.9 Å². The van der Waals surface area contributed by atoms with E-state index in [1.807, 2.05) is 36.1 Å². The smallest absolute Gasteiger partial charge is 0.255 e. The molecule has 2 aliphatic rings. The number of para-hydroxylation sites is 1. The molecule has 0 bridgehead atoms. The predicted molar refractivity (Wildman–Crippen MR) is 109 cm³/mol. The van der Waals surface area contributed by atoms with Crippen LogP contribution in [-0.4, -0.2) is 54.8 Å². The van der Waals surface area contributed by atoms with Gasteiger partial charge in [-0.2, -0.15) is 0 Å². The molecule has 4 rings (SSSR count). The van der Waals surface area contributed by atoms with Crippen molar-refractivity contribution in [3.8, 4) is 5.75 Å². The van der Waals surface area contributed by atoms with Gasteiger partial charge in [-0.15, -0.1) is 0 Å². The van der Waals surface area contributed by atoms with Gasteiger partial charge in [-0.25, -0.2) is 4.98 Å². The van der Waals surface area contributed by atoms with Crippen molar-refractivity contribution in [3.63, 3.8) is 0 Å². The lowest BCUT2D eigenvalue weighted by atomic mass is 10.1. The van der Waals surface area contributed by atoms with E-state index in [9.17, 15) is 9.59 Å². The second-order valence-corrected chi connectivity index (χ2v) is 7.41. The Morgan fingerprint density at radius 3 is 2.86 bits per heavy atom. The van der Waals surface area contributed by atoms with Crippen molar-refractivity contribution in [1.29, 1.82) is 0 Å². The highest BCUT2D eigenvalue weighted by molar-refractivity contribution is 5.76. The highest BCUT2D eigenvalue weighted by Crippen LogP contribution is 2.27. The number of nitrogens with zero attached hydrogens (tertiary/aromatic N) is 2. The Balaban J connectivity index is 1.28. The molecule has 1 fully saturated rings. The summed E-state index contributed by atoms with van der Waals surface area (Å²) in [6, 6.07) is 7.92. The van der Waals surface area contributed by atoms with Crippen molar-refractivity contribution in [1.82, 2.24) is 15.3 Å². The molecule has 2 aromatic rings. The number of benzene rings is 1. The third kappa shape index (κ3) is 4.59. The average molecular weight is 398 g/mol. The molecule has 1 aromatic carbocycles. The van der Waals surface area contributed by atoms with Crippen LogP contribution in [0.5, 0.6) is 5.75 Å². The highest BCUT2D eigenvalue weighted by Gasteiger charge is 2.23. The molecular formula is C21H26N4O4. The third-order valence-electron chi connectivity index (χ3n) is 5.36. The first-order valence-corrected chi connectivity index (χ1v) is 10.0. The quantitative estimate of drug-likeness (QED) is 0.753. The molecule has 1 aromatic heterocycles. The summed E-state index contributed by atoms with van der Waals surface area (Å²) in [5.41, 5.74) is 2.21. The normalized spacial score (nSPS) is 18.2. The van der Waals surface area contributed by atoms with Crippen LogP contribution in [0.4, 0.5) is 5.95 Å². The number of anilines is 1. The van der Waals surface area contributed by atoms with Gasteiger partial charge in [0.25, 0.3) is 5.56 Å². The fourth-order valence-electron chi connectivity index (χ4n) is 3.74. The number of amides is 1. The fourth-order valence-corrected chi connectivity index (χ4v) is 3.74. The molecule has 2 aliphatic heterocycles. The van der Waals surface area contributed by atoms with E-state index < -0.39 is 0 Å². The Labute approximate surface area is 169 Å². The van der Waals surface area contributed by atoms with Crippen LogP contribution in [0.25, 0.3) is 0 Å². The SMILES string of the molecule is Cc1nc(N2CCOCC2)[nH]c(=O)c1CCC(=O)NCC1Cc2ccccc2O1. The Kier molecular flexibility index (Phi) is 5.80. The number of aryl methyl sites for hydroxylation is 1. The van der Waals surface area contributed by atoms with Crippen molar-refractivity contribution in [3.05, 3.63) is 51.4 Å². The van der Waals surface area contributed by atoms with Crippen molar-refractivity contribution >= 4 is 11.9 Å². The van der Waals surface area contributed by atoms with Gasteiger partial charge in [0.15, 0.2) is 0 Å². The van der Waals surface area contributed by atoms with E-state index >= 15 is 0 Å². The molecule has 1 atom stereocenters. The summed E-state index contributed by atoms with van der Waals surface area (Å²) in [7, 11) is 0. The second-order valence-electron chi connectivity index (χ2n) is 7.41. The maximum atomic E-state index is 12.5. The van der Waals surface area contributed by atoms with Crippen LogP contribution in [-0.2, 0) is 22.4 Å². The van der Waals surface area contributed by atoms with Gasteiger partial charge in [0, 0.05) is 37.2 Å². The van der Waals surface area contributed by atoms with Crippen LogP contribution in [0.3, 0.4) is 0 Å². The van der Waals surface area contributed by atoms with E-state index in [4.69, 9.17) is 9.47 Å². The Morgan fingerprint density at radius 1 is 1.31 bits per heavy atom. The summed E-state index contributed by atoms with van der Waals surface area (Å²) in [4.78, 5) is 34.2. The maximum Gasteiger partial charge on any atom is 0.255 e. The number of fused-ring (bicyclic) bond motifs is 1. The first kappa shape index (κ1) is 19.4. The Hall–Kier alpha value is -2.87. The lowest BCUT2D eigenvalue weighted by Gasteiger charge is -2.27. The van der Waals surface area contributed by atoms with Crippen molar-refractivity contribution in [2.75, 3.05) is 37.7 Å². The van der Waals surface area contributed by atoms with E-state index in [0.717, 1.165) is 12.2 Å². The van der Waals surface area contributed by atoms with Gasteiger partial charge in [-0.05, 0) is 25.0 Å². The van der Waals surface area contributed by atoms with Crippen LogP contribution >= 0.6 is 0 Å². The lowest BCUT2D eigenvalue weighted by molar-refractivity contribution is -0.121. The number of aromatic amines is 1. The number of hydrogen-bond donors (Lipinski definition) is 2. The number of hydrogen-bond acceptors (Lipinski definition) is 6. The Morgan fingerprint density at radius 2 is 2.10 bits per heavy atom. The summed E-state index contributed by atoms with van der Waals surface area (Å²) < 4.78 is 11.2. The molecule has 1 amide bonds. The van der Waals surface area contributed by atoms with Crippen LogP contribution in [0.1, 0.15) is 23.2 Å². The molecule has 8 nitrogen and oxygen atoms in total. The first-order chi connectivity index (χ1) is 14.1. The minimum atomic E-state index is -0.179. The van der Waals surface area contributed by atoms with Gasteiger partial charge in [-0.1, -0.05) is 18.2 Å². The molecule has 0 aliphatic carbocycles. The van der Waals surface area contributed by atoms with E-state index in [2.05, 4.69) is 15.3 Å². The van der Waals surface area contributed by atoms with Gasteiger partial charge in [0.1, 0.15) is 11.9 Å². The topological polar surface area (TPSA) is 96.6 Å². The van der Waals surface area contributed by atoms with Gasteiger partial charge in [-0.3, -0.25) is 14.6 Å². The number of aromatic nitrogens is 2. The number of H-pyrrole nitrogens is 1. The average Bonchev–Trinajstić information content (AvgIpc) is 3.15. The van der Waals surface area contributed by atoms with E-state index in [-0.39, 0.29) is 24.0 Å². The van der Waals surface area contributed by atoms with Gasteiger partial charge < -0.3 is 19.7 Å². The van der Waals surface area contributed by atoms with E-state index in [1.54, 1.807) is 0 Å². The van der Waals surface area contributed by atoms with E-state index in [0.29, 0.717) is 56.5 Å². The second kappa shape index (κ2) is 8.65. The summed E-state index contributed by atoms with van der Waals surface area (Å²) in [5, 5.41) is 2.91. The van der Waals surface area contributed by atoms with Gasteiger partial charge >= 0.3 is 0 Å². The summed E-state index contributed by atoms with van der Waals surface area (Å²) in [5.74, 6) is 1.36. The molecule has 2 N–H and O–H groups in total. The minimum Gasteiger partial charge on any atom is -0.488 e. The number of carbonyl (C=O) groups excluding carboxylic acids is 1. The molecule has 154 valence electrons. The standard InChI is InChI=1S/C21H26N4O4/c1-14-17(20(27)24-21(23-14)25-8-10-28-11-9-25)6-7-19(26)22-13-16-12-15-4-2-3-5-18(15)29-16/h2-5,16H,6-13H2,1H3,(H,22,26)(H,23,24,27). The molecule has 3 heterocycles. The summed E-state index contributed by atoms with van der Waals surface area (Å²) in [6.45, 7) is 4.93.